The van der Waals surface area contributed by atoms with Gasteiger partial charge in [0.1, 0.15) is 0 Å². The number of aromatic nitrogens is 4. The first kappa shape index (κ1) is 17.9. The molecule has 2 N–H and O–H groups in total. The van der Waals surface area contributed by atoms with Crippen LogP contribution in [0.15, 0.2) is 24.3 Å². The minimum absolute atomic E-state index is 0.108. The molecular formula is C17H26N6O. The summed E-state index contributed by atoms with van der Waals surface area (Å²) in [6.07, 6.45) is 0. The summed E-state index contributed by atoms with van der Waals surface area (Å²) >= 11 is 0. The zero-order valence-corrected chi connectivity index (χ0v) is 15.2. The lowest BCUT2D eigenvalue weighted by Crippen LogP contribution is -2.44. The fourth-order valence-electron chi connectivity index (χ4n) is 2.71. The monoisotopic (exact) mass is 330 g/mol. The smallest absolute Gasteiger partial charge is 0.315 e. The Morgan fingerprint density at radius 2 is 1.88 bits per heavy atom. The van der Waals surface area contributed by atoms with Crippen LogP contribution >= 0.6 is 0 Å². The SMILES string of the molecule is Cc1ccccc1[C@H](NC(=O)N[C@H](C)c1nnnn1C)C(C)(C)C. The first-order valence-electron chi connectivity index (χ1n) is 8.05. The Morgan fingerprint density at radius 3 is 2.42 bits per heavy atom. The van der Waals surface area contributed by atoms with Crippen molar-refractivity contribution >= 4 is 6.03 Å². The van der Waals surface area contributed by atoms with E-state index in [4.69, 9.17) is 0 Å². The molecule has 0 aliphatic heterocycles. The van der Waals surface area contributed by atoms with Crippen molar-refractivity contribution in [2.24, 2.45) is 12.5 Å². The molecule has 2 atom stereocenters. The molecule has 0 saturated carbocycles. The number of rotatable bonds is 4. The number of aryl methyl sites for hydroxylation is 2. The van der Waals surface area contributed by atoms with E-state index in [-0.39, 0.29) is 23.5 Å². The van der Waals surface area contributed by atoms with E-state index in [9.17, 15) is 4.79 Å². The van der Waals surface area contributed by atoms with Crippen molar-refractivity contribution in [1.29, 1.82) is 0 Å². The Kier molecular flexibility index (Phi) is 5.21. The molecule has 0 fully saturated rings. The van der Waals surface area contributed by atoms with Crippen molar-refractivity contribution in [2.75, 3.05) is 0 Å². The van der Waals surface area contributed by atoms with E-state index >= 15 is 0 Å². The second-order valence-corrected chi connectivity index (χ2v) is 7.16. The van der Waals surface area contributed by atoms with Crippen LogP contribution in [0.4, 0.5) is 4.79 Å². The largest absolute Gasteiger partial charge is 0.331 e. The van der Waals surface area contributed by atoms with Gasteiger partial charge in [-0.2, -0.15) is 0 Å². The third kappa shape index (κ3) is 4.10. The van der Waals surface area contributed by atoms with Crippen LogP contribution in [0, 0.1) is 12.3 Å². The molecule has 0 saturated heterocycles. The number of tetrazole rings is 1. The highest BCUT2D eigenvalue weighted by Crippen LogP contribution is 2.34. The van der Waals surface area contributed by atoms with Gasteiger partial charge in [0.25, 0.3) is 0 Å². The maximum atomic E-state index is 12.5. The lowest BCUT2D eigenvalue weighted by molar-refractivity contribution is 0.215. The first-order chi connectivity index (χ1) is 11.2. The summed E-state index contributed by atoms with van der Waals surface area (Å²) in [5.41, 5.74) is 2.15. The number of carbonyl (C=O) groups excluding carboxylic acids is 1. The molecule has 0 bridgehead atoms. The van der Waals surface area contributed by atoms with Gasteiger partial charge in [-0.1, -0.05) is 45.0 Å². The lowest BCUT2D eigenvalue weighted by atomic mass is 9.81. The molecule has 2 aromatic rings. The normalized spacial score (nSPS) is 14.1. The molecule has 7 nitrogen and oxygen atoms in total. The topological polar surface area (TPSA) is 84.7 Å². The summed E-state index contributed by atoms with van der Waals surface area (Å²) in [5.74, 6) is 0.605. The predicted molar refractivity (Wildman–Crippen MR) is 92.3 cm³/mol. The zero-order valence-electron chi connectivity index (χ0n) is 15.2. The maximum absolute atomic E-state index is 12.5. The minimum Gasteiger partial charge on any atom is -0.331 e. The van der Waals surface area contributed by atoms with Gasteiger partial charge in [0.15, 0.2) is 5.82 Å². The Morgan fingerprint density at radius 1 is 1.21 bits per heavy atom. The molecule has 0 radical (unpaired) electrons. The fraction of sp³-hybridized carbons (Fsp3) is 0.529. The second-order valence-electron chi connectivity index (χ2n) is 7.16. The quantitative estimate of drug-likeness (QED) is 0.902. The number of urea groups is 1. The van der Waals surface area contributed by atoms with Crippen molar-refractivity contribution in [3.05, 3.63) is 41.2 Å². The first-order valence-corrected chi connectivity index (χ1v) is 8.05. The Labute approximate surface area is 142 Å². The van der Waals surface area contributed by atoms with Crippen molar-refractivity contribution < 1.29 is 4.79 Å². The van der Waals surface area contributed by atoms with Crippen LogP contribution in [0.5, 0.6) is 0 Å². The molecule has 24 heavy (non-hydrogen) atoms. The van der Waals surface area contributed by atoms with Gasteiger partial charge >= 0.3 is 6.03 Å². The summed E-state index contributed by atoms with van der Waals surface area (Å²) in [6.45, 7) is 10.2. The Balaban J connectivity index is 2.14. The van der Waals surface area contributed by atoms with E-state index in [0.717, 1.165) is 11.1 Å². The van der Waals surface area contributed by atoms with Crippen LogP contribution in [-0.4, -0.2) is 26.2 Å². The summed E-state index contributed by atoms with van der Waals surface area (Å²) in [7, 11) is 1.75. The highest BCUT2D eigenvalue weighted by atomic mass is 16.2. The van der Waals surface area contributed by atoms with Crippen molar-refractivity contribution in [3.63, 3.8) is 0 Å². The number of hydrogen-bond acceptors (Lipinski definition) is 4. The van der Waals surface area contributed by atoms with Gasteiger partial charge in [0, 0.05) is 7.05 Å². The van der Waals surface area contributed by atoms with Gasteiger partial charge in [-0.3, -0.25) is 0 Å². The molecule has 0 aliphatic rings. The van der Waals surface area contributed by atoms with Crippen LogP contribution < -0.4 is 10.6 Å². The van der Waals surface area contributed by atoms with Crippen LogP contribution in [0.1, 0.15) is 56.7 Å². The Hall–Kier alpha value is -2.44. The molecule has 130 valence electrons. The predicted octanol–water partition coefficient (Wildman–Crippen LogP) is 2.67. The summed E-state index contributed by atoms with van der Waals surface area (Å²) in [5, 5.41) is 17.3. The van der Waals surface area contributed by atoms with Gasteiger partial charge < -0.3 is 10.6 Å². The number of carbonyl (C=O) groups is 1. The summed E-state index contributed by atoms with van der Waals surface area (Å²) in [6, 6.07) is 7.47. The fourth-order valence-corrected chi connectivity index (χ4v) is 2.71. The van der Waals surface area contributed by atoms with E-state index in [1.807, 2.05) is 19.1 Å². The number of benzene rings is 1. The third-order valence-corrected chi connectivity index (χ3v) is 4.03. The molecule has 0 unspecified atom stereocenters. The molecule has 1 heterocycles. The number of nitrogens with one attached hydrogen (secondary N) is 2. The van der Waals surface area contributed by atoms with E-state index in [2.05, 4.69) is 66.0 Å². The number of hydrogen-bond donors (Lipinski definition) is 2. The summed E-state index contributed by atoms with van der Waals surface area (Å²) < 4.78 is 1.55. The Bertz CT molecular complexity index is 703. The van der Waals surface area contributed by atoms with Crippen molar-refractivity contribution in [2.45, 2.75) is 46.7 Å². The molecule has 2 amide bonds. The zero-order chi connectivity index (χ0) is 17.9. The van der Waals surface area contributed by atoms with E-state index in [1.54, 1.807) is 11.7 Å². The maximum Gasteiger partial charge on any atom is 0.315 e. The van der Waals surface area contributed by atoms with Gasteiger partial charge in [-0.05, 0) is 40.8 Å². The van der Waals surface area contributed by atoms with Crippen molar-refractivity contribution in [1.82, 2.24) is 30.8 Å². The lowest BCUT2D eigenvalue weighted by Gasteiger charge is -2.33. The molecule has 1 aromatic carbocycles. The molecule has 2 rings (SSSR count). The van der Waals surface area contributed by atoms with Crippen LogP contribution in [0.2, 0.25) is 0 Å². The van der Waals surface area contributed by atoms with Crippen LogP contribution in [0.25, 0.3) is 0 Å². The highest BCUT2D eigenvalue weighted by molar-refractivity contribution is 5.75. The highest BCUT2D eigenvalue weighted by Gasteiger charge is 2.29. The third-order valence-electron chi connectivity index (χ3n) is 4.03. The van der Waals surface area contributed by atoms with E-state index in [1.165, 1.54) is 0 Å². The molecule has 7 heteroatoms. The molecule has 0 spiro atoms. The average Bonchev–Trinajstić information content (AvgIpc) is 2.91. The van der Waals surface area contributed by atoms with Crippen LogP contribution in [-0.2, 0) is 7.05 Å². The summed E-state index contributed by atoms with van der Waals surface area (Å²) in [4.78, 5) is 12.5. The van der Waals surface area contributed by atoms with Crippen molar-refractivity contribution in [3.8, 4) is 0 Å². The van der Waals surface area contributed by atoms with Gasteiger partial charge in [0.05, 0.1) is 12.1 Å². The standard InChI is InChI=1S/C17H26N6O/c1-11-9-7-8-10-13(11)14(17(3,4)5)19-16(24)18-12(2)15-20-21-22-23(15)6/h7-10,12,14H,1-6H3,(H2,18,19,24)/t12-,14+/m1/s1. The molecular weight excluding hydrogens is 304 g/mol. The number of nitrogens with zero attached hydrogens (tertiary/aromatic N) is 4. The minimum atomic E-state index is -0.289. The van der Waals surface area contributed by atoms with Crippen LogP contribution in [0.3, 0.4) is 0 Å². The van der Waals surface area contributed by atoms with Gasteiger partial charge in [0.2, 0.25) is 0 Å². The second kappa shape index (κ2) is 6.98. The van der Waals surface area contributed by atoms with Gasteiger partial charge in [-0.25, -0.2) is 9.48 Å². The van der Waals surface area contributed by atoms with E-state index < -0.39 is 0 Å². The average molecular weight is 330 g/mol. The van der Waals surface area contributed by atoms with Gasteiger partial charge in [-0.15, -0.1) is 5.10 Å². The molecule has 0 aliphatic carbocycles. The molecule has 1 aromatic heterocycles. The number of amides is 2. The van der Waals surface area contributed by atoms with E-state index in [0.29, 0.717) is 5.82 Å².